The Labute approximate surface area is 122 Å². The molecule has 0 aliphatic heterocycles. The maximum absolute atomic E-state index is 12.3. The van der Waals surface area contributed by atoms with Crippen molar-refractivity contribution in [1.29, 1.82) is 0 Å². The largest absolute Gasteiger partial charge is 0.350 e. The lowest BCUT2D eigenvalue weighted by atomic mass is 10.1. The smallest absolute Gasteiger partial charge is 0.275 e. The lowest BCUT2D eigenvalue weighted by molar-refractivity contribution is 0.109. The number of hydroxylamine groups is 1. The summed E-state index contributed by atoms with van der Waals surface area (Å²) in [5.41, 5.74) is 6.25. The highest BCUT2D eigenvalue weighted by atomic mass is 16.6. The van der Waals surface area contributed by atoms with Gasteiger partial charge in [-0.3, -0.25) is 9.40 Å². The van der Waals surface area contributed by atoms with Crippen LogP contribution in [-0.4, -0.2) is 17.7 Å². The number of carbonyl (C=O) groups excluding carboxylic acids is 1. The molecule has 0 spiro atoms. The first-order chi connectivity index (χ1) is 10.2. The van der Waals surface area contributed by atoms with Gasteiger partial charge < -0.3 is 0 Å². The Morgan fingerprint density at radius 3 is 2.52 bits per heavy atom. The molecule has 0 fully saturated rings. The number of nitrogens with zero attached hydrogens (tertiary/aromatic N) is 1. The van der Waals surface area contributed by atoms with Gasteiger partial charge in [0.2, 0.25) is 0 Å². The van der Waals surface area contributed by atoms with Crippen molar-refractivity contribution in [3.05, 3.63) is 60.2 Å². The van der Waals surface area contributed by atoms with Crippen molar-refractivity contribution in [1.82, 2.24) is 10.0 Å². The Morgan fingerprint density at radius 2 is 1.81 bits per heavy atom. The second-order valence-electron chi connectivity index (χ2n) is 4.90. The third-order valence-corrected chi connectivity index (χ3v) is 3.45. The number of fused-ring (bicyclic) bond motifs is 1. The van der Waals surface area contributed by atoms with E-state index in [0.29, 0.717) is 0 Å². The zero-order valence-electron chi connectivity index (χ0n) is 12.0. The van der Waals surface area contributed by atoms with Crippen LogP contribution < -0.4 is 5.48 Å². The van der Waals surface area contributed by atoms with Crippen LogP contribution in [-0.2, 0) is 4.84 Å². The Hall–Kier alpha value is -2.59. The number of carbonyl (C=O) groups is 1. The van der Waals surface area contributed by atoms with Crippen molar-refractivity contribution in [3.8, 4) is 11.3 Å². The van der Waals surface area contributed by atoms with Crippen molar-refractivity contribution in [3.63, 3.8) is 0 Å². The van der Waals surface area contributed by atoms with Gasteiger partial charge in [0.25, 0.3) is 0 Å². The molecule has 1 amide bonds. The summed E-state index contributed by atoms with van der Waals surface area (Å²) < 4.78 is 1.63. The summed E-state index contributed by atoms with van der Waals surface area (Å²) in [5, 5.41) is 1.01. The van der Waals surface area contributed by atoms with Crippen molar-refractivity contribution >= 4 is 16.9 Å². The summed E-state index contributed by atoms with van der Waals surface area (Å²) in [5.74, 6) is 0. The molecule has 3 aromatic rings. The average molecular weight is 280 g/mol. The molecule has 0 aliphatic carbocycles. The summed E-state index contributed by atoms with van der Waals surface area (Å²) >= 11 is 0. The van der Waals surface area contributed by atoms with Crippen LogP contribution in [0.2, 0.25) is 0 Å². The van der Waals surface area contributed by atoms with Crippen molar-refractivity contribution in [2.24, 2.45) is 0 Å². The van der Waals surface area contributed by atoms with E-state index in [9.17, 15) is 4.79 Å². The van der Waals surface area contributed by atoms with Crippen LogP contribution in [0.5, 0.6) is 0 Å². The Bertz CT molecular complexity index is 788. The molecule has 2 aromatic carbocycles. The van der Waals surface area contributed by atoms with Gasteiger partial charge in [-0.05, 0) is 24.6 Å². The van der Waals surface area contributed by atoms with Crippen LogP contribution in [0.15, 0.2) is 54.6 Å². The van der Waals surface area contributed by atoms with E-state index in [-0.39, 0.29) is 6.03 Å². The van der Waals surface area contributed by atoms with Gasteiger partial charge in [0.05, 0.1) is 18.3 Å². The second kappa shape index (κ2) is 5.42. The Balaban J connectivity index is 2.23. The van der Waals surface area contributed by atoms with Gasteiger partial charge in [0.15, 0.2) is 0 Å². The molecule has 0 bridgehead atoms. The summed E-state index contributed by atoms with van der Waals surface area (Å²) in [6.45, 7) is 2.04. The molecule has 4 nitrogen and oxygen atoms in total. The minimum absolute atomic E-state index is 0.311. The monoisotopic (exact) mass is 280 g/mol. The number of rotatable bonds is 2. The van der Waals surface area contributed by atoms with Crippen LogP contribution in [0.4, 0.5) is 4.79 Å². The quantitative estimate of drug-likeness (QED) is 0.727. The SMILES string of the molecule is CONC(=O)n1c(-c2ccc(C)cc2)cc2ccccc21. The minimum atomic E-state index is -0.311. The first-order valence-corrected chi connectivity index (χ1v) is 6.71. The van der Waals surface area contributed by atoms with Crippen LogP contribution in [0, 0.1) is 6.92 Å². The van der Waals surface area contributed by atoms with E-state index < -0.39 is 0 Å². The average Bonchev–Trinajstić information content (AvgIpc) is 2.87. The lowest BCUT2D eigenvalue weighted by Crippen LogP contribution is -2.27. The number of aromatic nitrogens is 1. The highest BCUT2D eigenvalue weighted by Crippen LogP contribution is 2.28. The van der Waals surface area contributed by atoms with Crippen LogP contribution >= 0.6 is 0 Å². The molecule has 0 saturated carbocycles. The van der Waals surface area contributed by atoms with Crippen LogP contribution in [0.3, 0.4) is 0 Å². The number of hydrogen-bond donors (Lipinski definition) is 1. The number of benzene rings is 2. The van der Waals surface area contributed by atoms with Gasteiger partial charge in [-0.15, -0.1) is 0 Å². The lowest BCUT2D eigenvalue weighted by Gasteiger charge is -2.10. The van der Waals surface area contributed by atoms with Crippen LogP contribution in [0.25, 0.3) is 22.2 Å². The van der Waals surface area contributed by atoms with E-state index in [1.807, 2.05) is 61.5 Å². The predicted octanol–water partition coefficient (Wildman–Crippen LogP) is 3.74. The summed E-state index contributed by atoms with van der Waals surface area (Å²) in [4.78, 5) is 17.1. The van der Waals surface area contributed by atoms with Gasteiger partial charge in [-0.1, -0.05) is 48.0 Å². The molecule has 1 heterocycles. The first kappa shape index (κ1) is 13.4. The predicted molar refractivity (Wildman–Crippen MR) is 83.0 cm³/mol. The highest BCUT2D eigenvalue weighted by Gasteiger charge is 2.15. The molecule has 0 saturated heterocycles. The zero-order chi connectivity index (χ0) is 14.8. The molecule has 106 valence electrons. The topological polar surface area (TPSA) is 43.3 Å². The second-order valence-corrected chi connectivity index (χ2v) is 4.90. The van der Waals surface area contributed by atoms with Crippen molar-refractivity contribution < 1.29 is 9.63 Å². The van der Waals surface area contributed by atoms with E-state index in [2.05, 4.69) is 5.48 Å². The molecule has 3 rings (SSSR count). The van der Waals surface area contributed by atoms with Gasteiger partial charge >= 0.3 is 6.03 Å². The maximum atomic E-state index is 12.3. The minimum Gasteiger partial charge on any atom is -0.275 e. The number of hydrogen-bond acceptors (Lipinski definition) is 2. The first-order valence-electron chi connectivity index (χ1n) is 6.71. The maximum Gasteiger partial charge on any atom is 0.350 e. The van der Waals surface area contributed by atoms with Gasteiger partial charge in [0.1, 0.15) is 0 Å². The highest BCUT2D eigenvalue weighted by molar-refractivity contribution is 5.97. The van der Waals surface area contributed by atoms with Crippen molar-refractivity contribution in [2.45, 2.75) is 6.92 Å². The molecule has 21 heavy (non-hydrogen) atoms. The standard InChI is InChI=1S/C17H16N2O2/c1-12-7-9-13(10-8-12)16-11-14-5-3-4-6-15(14)19(16)17(20)18-21-2/h3-11H,1-2H3,(H,18,20). The molecule has 0 unspecified atom stereocenters. The van der Waals surface area contributed by atoms with Gasteiger partial charge in [0, 0.05) is 5.39 Å². The third kappa shape index (κ3) is 2.41. The van der Waals surface area contributed by atoms with E-state index in [1.165, 1.54) is 12.7 Å². The fourth-order valence-corrected chi connectivity index (χ4v) is 2.44. The molecule has 0 atom stereocenters. The fraction of sp³-hybridized carbons (Fsp3) is 0.118. The summed E-state index contributed by atoms with van der Waals surface area (Å²) in [6.07, 6.45) is 0. The Kier molecular flexibility index (Phi) is 3.46. The molecule has 1 aromatic heterocycles. The third-order valence-electron chi connectivity index (χ3n) is 3.45. The number of aryl methyl sites for hydroxylation is 1. The summed E-state index contributed by atoms with van der Waals surface area (Å²) in [6, 6.07) is 17.6. The van der Waals surface area contributed by atoms with E-state index >= 15 is 0 Å². The number of nitrogens with one attached hydrogen (secondary N) is 1. The van der Waals surface area contributed by atoms with E-state index in [1.54, 1.807) is 4.57 Å². The van der Waals surface area contributed by atoms with Gasteiger partial charge in [-0.2, -0.15) is 0 Å². The van der Waals surface area contributed by atoms with Gasteiger partial charge in [-0.25, -0.2) is 10.3 Å². The van der Waals surface area contributed by atoms with E-state index in [0.717, 1.165) is 22.2 Å². The zero-order valence-corrected chi connectivity index (χ0v) is 12.0. The number of para-hydroxylation sites is 1. The van der Waals surface area contributed by atoms with E-state index in [4.69, 9.17) is 4.84 Å². The molecule has 0 radical (unpaired) electrons. The molecular formula is C17H16N2O2. The molecular weight excluding hydrogens is 264 g/mol. The van der Waals surface area contributed by atoms with Crippen molar-refractivity contribution in [2.75, 3.05) is 7.11 Å². The molecule has 1 N–H and O–H groups in total. The molecule has 0 aliphatic rings. The van der Waals surface area contributed by atoms with Crippen LogP contribution in [0.1, 0.15) is 5.56 Å². The number of amides is 1. The fourth-order valence-electron chi connectivity index (χ4n) is 2.44. The summed E-state index contributed by atoms with van der Waals surface area (Å²) in [7, 11) is 1.43. The Morgan fingerprint density at radius 1 is 1.10 bits per heavy atom. The molecule has 4 heteroatoms. The normalized spacial score (nSPS) is 10.8.